The molecule has 0 radical (unpaired) electrons. The molecule has 0 aliphatic heterocycles. The number of hydrogen-bond donors (Lipinski definition) is 1. The van der Waals surface area contributed by atoms with E-state index in [-0.39, 0.29) is 20.9 Å². The van der Waals surface area contributed by atoms with Gasteiger partial charge >= 0.3 is 0 Å². The van der Waals surface area contributed by atoms with Gasteiger partial charge in [-0.1, -0.05) is 23.2 Å². The summed E-state index contributed by atoms with van der Waals surface area (Å²) in [6, 6.07) is 4.18. The second-order valence-corrected chi connectivity index (χ2v) is 6.20. The minimum Gasteiger partial charge on any atom is -0.276 e. The Bertz CT molecular complexity index is 720. The van der Waals surface area contributed by atoms with Crippen LogP contribution in [-0.4, -0.2) is 18.4 Å². The third-order valence-electron chi connectivity index (χ3n) is 2.23. The van der Waals surface area contributed by atoms with Gasteiger partial charge in [-0.3, -0.25) is 4.72 Å². The van der Waals surface area contributed by atoms with Gasteiger partial charge in [0.25, 0.3) is 10.0 Å². The zero-order chi connectivity index (χ0) is 14.0. The Labute approximate surface area is 120 Å². The number of aryl methyl sites for hydroxylation is 1. The van der Waals surface area contributed by atoms with E-state index in [1.165, 1.54) is 18.3 Å². The molecule has 0 unspecified atom stereocenters. The number of nitrogens with one attached hydrogen (secondary N) is 1. The van der Waals surface area contributed by atoms with Crippen molar-refractivity contribution in [2.24, 2.45) is 0 Å². The first-order valence-corrected chi connectivity index (χ1v) is 7.39. The SMILES string of the molecule is Cc1cnc(Cl)c(NS(=O)(=O)c2ccnc(Cl)c2)c1. The molecule has 0 aliphatic carbocycles. The summed E-state index contributed by atoms with van der Waals surface area (Å²) >= 11 is 11.5. The van der Waals surface area contributed by atoms with Crippen LogP contribution in [0.1, 0.15) is 5.56 Å². The highest BCUT2D eigenvalue weighted by molar-refractivity contribution is 7.92. The fourth-order valence-corrected chi connectivity index (χ4v) is 2.89. The van der Waals surface area contributed by atoms with E-state index in [1.54, 1.807) is 19.2 Å². The molecule has 0 saturated heterocycles. The third kappa shape index (κ3) is 3.34. The maximum absolute atomic E-state index is 12.1. The lowest BCUT2D eigenvalue weighted by Crippen LogP contribution is -2.13. The molecule has 5 nitrogen and oxygen atoms in total. The van der Waals surface area contributed by atoms with Crippen LogP contribution in [0.3, 0.4) is 0 Å². The van der Waals surface area contributed by atoms with Crippen molar-refractivity contribution >= 4 is 38.9 Å². The lowest BCUT2D eigenvalue weighted by Gasteiger charge is -2.09. The Hall–Kier alpha value is -1.37. The summed E-state index contributed by atoms with van der Waals surface area (Å²) in [6.45, 7) is 1.78. The van der Waals surface area contributed by atoms with Crippen molar-refractivity contribution in [1.29, 1.82) is 0 Å². The van der Waals surface area contributed by atoms with Gasteiger partial charge in [0.15, 0.2) is 5.15 Å². The number of halogens is 2. The minimum absolute atomic E-state index is 0.00470. The highest BCUT2D eigenvalue weighted by Crippen LogP contribution is 2.23. The number of pyridine rings is 2. The Kier molecular flexibility index (Phi) is 3.93. The van der Waals surface area contributed by atoms with Gasteiger partial charge in [-0.2, -0.15) is 0 Å². The van der Waals surface area contributed by atoms with Gasteiger partial charge < -0.3 is 0 Å². The van der Waals surface area contributed by atoms with Gasteiger partial charge in [0, 0.05) is 12.4 Å². The van der Waals surface area contributed by atoms with Crippen LogP contribution in [0.25, 0.3) is 0 Å². The number of aromatic nitrogens is 2. The largest absolute Gasteiger partial charge is 0.276 e. The number of rotatable bonds is 3. The van der Waals surface area contributed by atoms with Crippen molar-refractivity contribution in [2.75, 3.05) is 4.72 Å². The van der Waals surface area contributed by atoms with Crippen LogP contribution in [0.15, 0.2) is 35.5 Å². The van der Waals surface area contributed by atoms with E-state index in [2.05, 4.69) is 14.7 Å². The monoisotopic (exact) mass is 317 g/mol. The molecule has 0 atom stereocenters. The van der Waals surface area contributed by atoms with Gasteiger partial charge in [-0.25, -0.2) is 18.4 Å². The van der Waals surface area contributed by atoms with Crippen molar-refractivity contribution < 1.29 is 8.42 Å². The highest BCUT2D eigenvalue weighted by atomic mass is 35.5. The summed E-state index contributed by atoms with van der Waals surface area (Å²) in [4.78, 5) is 7.61. The maximum Gasteiger partial charge on any atom is 0.262 e. The molecule has 0 spiro atoms. The molecule has 100 valence electrons. The molecule has 0 fully saturated rings. The summed E-state index contributed by atoms with van der Waals surface area (Å²) in [5.41, 5.74) is 1.00. The maximum atomic E-state index is 12.1. The van der Waals surface area contributed by atoms with Gasteiger partial charge in [0.2, 0.25) is 0 Å². The second-order valence-electron chi connectivity index (χ2n) is 3.77. The van der Waals surface area contributed by atoms with Crippen molar-refractivity contribution in [3.05, 3.63) is 46.5 Å². The van der Waals surface area contributed by atoms with Crippen LogP contribution in [0.4, 0.5) is 5.69 Å². The van der Waals surface area contributed by atoms with Crippen molar-refractivity contribution in [1.82, 2.24) is 9.97 Å². The zero-order valence-corrected chi connectivity index (χ0v) is 12.1. The number of sulfonamides is 1. The van der Waals surface area contributed by atoms with E-state index in [0.29, 0.717) is 0 Å². The fraction of sp³-hybridized carbons (Fsp3) is 0.0909. The molecule has 0 amide bonds. The van der Waals surface area contributed by atoms with Gasteiger partial charge in [-0.15, -0.1) is 0 Å². The van der Waals surface area contributed by atoms with E-state index in [0.717, 1.165) is 5.56 Å². The first-order valence-electron chi connectivity index (χ1n) is 5.15. The predicted molar refractivity (Wildman–Crippen MR) is 74.0 cm³/mol. The summed E-state index contributed by atoms with van der Waals surface area (Å²) in [5, 5.41) is 0.172. The normalized spacial score (nSPS) is 11.3. The Balaban J connectivity index is 2.39. The third-order valence-corrected chi connectivity index (χ3v) is 4.10. The molecule has 2 rings (SSSR count). The first kappa shape index (κ1) is 14.0. The highest BCUT2D eigenvalue weighted by Gasteiger charge is 2.16. The van der Waals surface area contributed by atoms with E-state index < -0.39 is 10.0 Å². The molecule has 8 heteroatoms. The average molecular weight is 318 g/mol. The lowest BCUT2D eigenvalue weighted by atomic mass is 10.3. The van der Waals surface area contributed by atoms with Crippen LogP contribution in [0, 0.1) is 6.92 Å². The second kappa shape index (κ2) is 5.32. The lowest BCUT2D eigenvalue weighted by molar-refractivity contribution is 0.601. The van der Waals surface area contributed by atoms with E-state index >= 15 is 0 Å². The average Bonchev–Trinajstić information content (AvgIpc) is 2.33. The Morgan fingerprint density at radius 1 is 1.21 bits per heavy atom. The van der Waals surface area contributed by atoms with Gasteiger partial charge in [-0.05, 0) is 30.7 Å². The number of nitrogens with zero attached hydrogens (tertiary/aromatic N) is 2. The molecule has 0 saturated carbocycles. The molecule has 0 aliphatic rings. The Morgan fingerprint density at radius 3 is 2.63 bits per heavy atom. The topological polar surface area (TPSA) is 72.0 Å². The van der Waals surface area contributed by atoms with Crippen molar-refractivity contribution in [3.8, 4) is 0 Å². The van der Waals surface area contributed by atoms with Gasteiger partial charge in [0.05, 0.1) is 10.6 Å². The van der Waals surface area contributed by atoms with Gasteiger partial charge in [0.1, 0.15) is 5.15 Å². The zero-order valence-electron chi connectivity index (χ0n) is 9.76. The van der Waals surface area contributed by atoms with Crippen LogP contribution >= 0.6 is 23.2 Å². The standard InChI is InChI=1S/C11H9Cl2N3O2S/c1-7-4-9(11(13)15-6-7)16-19(17,18)8-2-3-14-10(12)5-8/h2-6,16H,1H3. The molecule has 0 aromatic carbocycles. The van der Waals surface area contributed by atoms with E-state index in [9.17, 15) is 8.42 Å². The molecular formula is C11H9Cl2N3O2S. The molecule has 2 heterocycles. The summed E-state index contributed by atoms with van der Waals surface area (Å²) in [5.74, 6) is 0. The van der Waals surface area contributed by atoms with Crippen LogP contribution < -0.4 is 4.72 Å². The molecule has 2 aromatic rings. The van der Waals surface area contributed by atoms with Crippen molar-refractivity contribution in [2.45, 2.75) is 11.8 Å². The van der Waals surface area contributed by atoms with Crippen LogP contribution in [0.5, 0.6) is 0 Å². The minimum atomic E-state index is -3.77. The number of hydrogen-bond acceptors (Lipinski definition) is 4. The quantitative estimate of drug-likeness (QED) is 0.883. The Morgan fingerprint density at radius 2 is 1.95 bits per heavy atom. The number of anilines is 1. The summed E-state index contributed by atoms with van der Waals surface area (Å²) in [6.07, 6.45) is 2.86. The molecule has 19 heavy (non-hydrogen) atoms. The summed E-state index contributed by atoms with van der Waals surface area (Å²) < 4.78 is 26.6. The van der Waals surface area contributed by atoms with Crippen LogP contribution in [-0.2, 0) is 10.0 Å². The summed E-state index contributed by atoms with van der Waals surface area (Å²) in [7, 11) is -3.77. The fourth-order valence-electron chi connectivity index (χ4n) is 1.38. The molecule has 0 bridgehead atoms. The van der Waals surface area contributed by atoms with Crippen molar-refractivity contribution in [3.63, 3.8) is 0 Å². The molecular weight excluding hydrogens is 309 g/mol. The molecule has 1 N–H and O–H groups in total. The molecule has 2 aromatic heterocycles. The van der Waals surface area contributed by atoms with E-state index in [1.807, 2.05) is 0 Å². The predicted octanol–water partition coefficient (Wildman–Crippen LogP) is 2.89. The van der Waals surface area contributed by atoms with Crippen LogP contribution in [0.2, 0.25) is 10.3 Å². The van der Waals surface area contributed by atoms with E-state index in [4.69, 9.17) is 23.2 Å². The first-order chi connectivity index (χ1) is 8.88. The smallest absolute Gasteiger partial charge is 0.262 e.